The van der Waals surface area contributed by atoms with Crippen LogP contribution in [0.2, 0.25) is 0 Å². The lowest BCUT2D eigenvalue weighted by Crippen LogP contribution is -2.49. The Hall–Kier alpha value is -2.21. The summed E-state index contributed by atoms with van der Waals surface area (Å²) in [5.74, 6) is 1.02. The summed E-state index contributed by atoms with van der Waals surface area (Å²) in [5, 5.41) is 11.0. The van der Waals surface area contributed by atoms with Crippen molar-refractivity contribution in [3.8, 4) is 0 Å². The van der Waals surface area contributed by atoms with Crippen LogP contribution in [-0.2, 0) is 11.3 Å². The maximum absolute atomic E-state index is 13.2. The van der Waals surface area contributed by atoms with Gasteiger partial charge in [0, 0.05) is 37.2 Å². The molecule has 140 valence electrons. The number of benzene rings is 1. The van der Waals surface area contributed by atoms with E-state index in [0.717, 1.165) is 31.2 Å². The van der Waals surface area contributed by atoms with Crippen molar-refractivity contribution in [1.82, 2.24) is 4.90 Å². The van der Waals surface area contributed by atoms with Gasteiger partial charge in [-0.3, -0.25) is 14.9 Å². The van der Waals surface area contributed by atoms with Crippen LogP contribution in [0.25, 0.3) is 0 Å². The summed E-state index contributed by atoms with van der Waals surface area (Å²) < 4.78 is 0. The number of hydrogen-bond acceptors (Lipinski definition) is 4. The number of nitrogens with two attached hydrogens (primary N) is 1. The van der Waals surface area contributed by atoms with Crippen LogP contribution in [0.15, 0.2) is 36.9 Å². The summed E-state index contributed by atoms with van der Waals surface area (Å²) in [6, 6.07) is 6.72. The number of nitro benzene ring substituents is 1. The molecule has 3 rings (SSSR count). The number of non-ortho nitro benzene ring substituents is 1. The van der Waals surface area contributed by atoms with Crippen molar-refractivity contribution in [2.24, 2.45) is 23.5 Å². The molecule has 0 aromatic heterocycles. The van der Waals surface area contributed by atoms with Gasteiger partial charge < -0.3 is 10.6 Å². The van der Waals surface area contributed by atoms with E-state index in [2.05, 4.69) is 6.58 Å². The predicted molar refractivity (Wildman–Crippen MR) is 100 cm³/mol. The molecule has 0 spiro atoms. The van der Waals surface area contributed by atoms with Crippen molar-refractivity contribution in [3.05, 3.63) is 52.6 Å². The van der Waals surface area contributed by atoms with Crippen molar-refractivity contribution in [2.75, 3.05) is 6.54 Å². The van der Waals surface area contributed by atoms with E-state index in [9.17, 15) is 14.9 Å². The number of rotatable bonds is 6. The largest absolute Gasteiger partial charge is 0.334 e. The number of carbonyl (C=O) groups excluding carboxylic acids is 1. The molecule has 2 atom stereocenters. The fourth-order valence-corrected chi connectivity index (χ4v) is 4.63. The number of hydrogen-bond donors (Lipinski definition) is 1. The Morgan fingerprint density at radius 2 is 2.04 bits per heavy atom. The number of nitrogens with zero attached hydrogens (tertiary/aromatic N) is 2. The summed E-state index contributed by atoms with van der Waals surface area (Å²) in [6.45, 7) is 4.57. The Morgan fingerprint density at radius 1 is 1.35 bits per heavy atom. The van der Waals surface area contributed by atoms with Gasteiger partial charge in [-0.2, -0.15) is 0 Å². The number of nitro groups is 1. The molecule has 2 aliphatic rings. The summed E-state index contributed by atoms with van der Waals surface area (Å²) in [6.07, 6.45) is 6.89. The molecule has 0 saturated heterocycles. The fraction of sp³-hybridized carbons (Fsp3) is 0.550. The third-order valence-electron chi connectivity index (χ3n) is 5.92. The molecule has 2 bridgehead atoms. The van der Waals surface area contributed by atoms with E-state index in [4.69, 9.17) is 5.73 Å². The average Bonchev–Trinajstić information content (AvgIpc) is 2.61. The summed E-state index contributed by atoms with van der Waals surface area (Å²) in [7, 11) is 0. The number of carbonyl (C=O) groups is 1. The molecule has 0 heterocycles. The second kappa shape index (κ2) is 7.99. The topological polar surface area (TPSA) is 89.5 Å². The first-order valence-corrected chi connectivity index (χ1v) is 9.38. The first kappa shape index (κ1) is 18.6. The highest BCUT2D eigenvalue weighted by atomic mass is 16.6. The maximum Gasteiger partial charge on any atom is 0.269 e. The van der Waals surface area contributed by atoms with Gasteiger partial charge in [-0.05, 0) is 43.1 Å². The molecule has 0 aliphatic heterocycles. The molecule has 2 fully saturated rings. The van der Waals surface area contributed by atoms with Gasteiger partial charge in [-0.1, -0.05) is 24.6 Å². The summed E-state index contributed by atoms with van der Waals surface area (Å²) in [4.78, 5) is 25.5. The minimum atomic E-state index is -0.410. The molecule has 1 aromatic rings. The van der Waals surface area contributed by atoms with Crippen LogP contribution in [0, 0.1) is 27.9 Å². The third kappa shape index (κ3) is 3.96. The zero-order valence-electron chi connectivity index (χ0n) is 15.0. The van der Waals surface area contributed by atoms with E-state index in [1.54, 1.807) is 17.0 Å². The SMILES string of the molecule is C=CCN(Cc1cccc([N+](=O)[O-])c1)C(=O)C1CC2CCCC(C1)C2N. The molecular formula is C20H27N3O3. The van der Waals surface area contributed by atoms with Crippen molar-refractivity contribution in [1.29, 1.82) is 0 Å². The van der Waals surface area contributed by atoms with Crippen LogP contribution < -0.4 is 5.73 Å². The van der Waals surface area contributed by atoms with Crippen molar-refractivity contribution < 1.29 is 9.72 Å². The molecule has 1 amide bonds. The normalized spacial score (nSPS) is 27.6. The van der Waals surface area contributed by atoms with Crippen LogP contribution in [-0.4, -0.2) is 28.3 Å². The number of fused-ring (bicyclic) bond motifs is 2. The van der Waals surface area contributed by atoms with Crippen LogP contribution in [0.3, 0.4) is 0 Å². The van der Waals surface area contributed by atoms with Gasteiger partial charge in [0.05, 0.1) is 4.92 Å². The zero-order valence-corrected chi connectivity index (χ0v) is 15.0. The second-order valence-corrected chi connectivity index (χ2v) is 7.63. The van der Waals surface area contributed by atoms with Gasteiger partial charge >= 0.3 is 0 Å². The van der Waals surface area contributed by atoms with E-state index in [-0.39, 0.29) is 23.6 Å². The van der Waals surface area contributed by atoms with E-state index >= 15 is 0 Å². The third-order valence-corrected chi connectivity index (χ3v) is 5.92. The van der Waals surface area contributed by atoms with Crippen LogP contribution in [0.4, 0.5) is 5.69 Å². The predicted octanol–water partition coefficient (Wildman–Crippen LogP) is 3.26. The van der Waals surface area contributed by atoms with E-state index in [1.807, 2.05) is 6.07 Å². The van der Waals surface area contributed by atoms with Gasteiger partial charge in [0.15, 0.2) is 0 Å². The summed E-state index contributed by atoms with van der Waals surface area (Å²) >= 11 is 0. The molecular weight excluding hydrogens is 330 g/mol. The Bertz CT molecular complexity index is 677. The minimum absolute atomic E-state index is 0.00347. The lowest BCUT2D eigenvalue weighted by atomic mass is 9.65. The van der Waals surface area contributed by atoms with E-state index < -0.39 is 4.92 Å². The average molecular weight is 357 g/mol. The number of amides is 1. The molecule has 2 unspecified atom stereocenters. The molecule has 6 nitrogen and oxygen atoms in total. The smallest absolute Gasteiger partial charge is 0.269 e. The van der Waals surface area contributed by atoms with Gasteiger partial charge in [-0.15, -0.1) is 6.58 Å². The standard InChI is InChI=1S/C20H27N3O3/c1-2-9-22(13-14-5-3-8-18(10-14)23(25)26)20(24)17-11-15-6-4-7-16(12-17)19(15)21/h2-3,5,8,10,15-17,19H,1,4,6-7,9,11-13,21H2. The second-order valence-electron chi connectivity index (χ2n) is 7.63. The Labute approximate surface area is 154 Å². The lowest BCUT2D eigenvalue weighted by Gasteiger charge is -2.44. The molecule has 2 saturated carbocycles. The Kier molecular flexibility index (Phi) is 5.71. The van der Waals surface area contributed by atoms with Gasteiger partial charge in [0.25, 0.3) is 5.69 Å². The lowest BCUT2D eigenvalue weighted by molar-refractivity contribution is -0.384. The summed E-state index contributed by atoms with van der Waals surface area (Å²) in [5.41, 5.74) is 7.16. The molecule has 1 aromatic carbocycles. The van der Waals surface area contributed by atoms with Gasteiger partial charge in [0.2, 0.25) is 5.91 Å². The van der Waals surface area contributed by atoms with Crippen molar-refractivity contribution in [2.45, 2.75) is 44.7 Å². The first-order valence-electron chi connectivity index (χ1n) is 9.38. The highest BCUT2D eigenvalue weighted by Gasteiger charge is 2.41. The van der Waals surface area contributed by atoms with E-state index in [0.29, 0.717) is 24.9 Å². The van der Waals surface area contributed by atoms with Crippen LogP contribution in [0.1, 0.15) is 37.7 Å². The molecule has 26 heavy (non-hydrogen) atoms. The van der Waals surface area contributed by atoms with Gasteiger partial charge in [-0.25, -0.2) is 0 Å². The fourth-order valence-electron chi connectivity index (χ4n) is 4.63. The zero-order chi connectivity index (χ0) is 18.7. The molecule has 2 N–H and O–H groups in total. The maximum atomic E-state index is 13.2. The molecule has 0 radical (unpaired) electrons. The quantitative estimate of drug-likeness (QED) is 0.481. The van der Waals surface area contributed by atoms with Crippen molar-refractivity contribution in [3.63, 3.8) is 0 Å². The molecule has 6 heteroatoms. The minimum Gasteiger partial charge on any atom is -0.334 e. The van der Waals surface area contributed by atoms with Crippen LogP contribution >= 0.6 is 0 Å². The van der Waals surface area contributed by atoms with Crippen molar-refractivity contribution >= 4 is 11.6 Å². The Morgan fingerprint density at radius 3 is 2.65 bits per heavy atom. The Balaban J connectivity index is 1.73. The van der Waals surface area contributed by atoms with Crippen LogP contribution in [0.5, 0.6) is 0 Å². The highest BCUT2D eigenvalue weighted by molar-refractivity contribution is 5.79. The highest BCUT2D eigenvalue weighted by Crippen LogP contribution is 2.42. The van der Waals surface area contributed by atoms with Gasteiger partial charge in [0.1, 0.15) is 0 Å². The molecule has 2 aliphatic carbocycles. The van der Waals surface area contributed by atoms with E-state index in [1.165, 1.54) is 18.6 Å². The first-order chi connectivity index (χ1) is 12.5. The monoisotopic (exact) mass is 357 g/mol.